The second-order valence-electron chi connectivity index (χ2n) is 6.99. The Morgan fingerprint density at radius 1 is 1.16 bits per heavy atom. The predicted molar refractivity (Wildman–Crippen MR) is 95.1 cm³/mol. The Bertz CT molecular complexity index is 743. The molecule has 2 bridgehead atoms. The zero-order valence-electron chi connectivity index (χ0n) is 13.8. The molecule has 0 spiro atoms. The van der Waals surface area contributed by atoms with Gasteiger partial charge in [0, 0.05) is 11.5 Å². The van der Waals surface area contributed by atoms with Crippen molar-refractivity contribution in [1.82, 2.24) is 10.2 Å². The van der Waals surface area contributed by atoms with Crippen molar-refractivity contribution in [2.45, 2.75) is 18.9 Å². The first-order chi connectivity index (χ1) is 12.0. The number of fused-ring (bicyclic) bond motifs is 5. The number of benzene rings is 1. The van der Waals surface area contributed by atoms with Crippen molar-refractivity contribution in [3.8, 4) is 0 Å². The number of carbonyl (C=O) groups excluding carboxylic acids is 3. The second kappa shape index (κ2) is 6.09. The number of nitrogens with one attached hydrogen (secondary N) is 1. The fraction of sp³-hybridized carbons (Fsp3) is 0.421. The van der Waals surface area contributed by atoms with E-state index in [9.17, 15) is 14.4 Å². The van der Waals surface area contributed by atoms with Crippen LogP contribution in [0.2, 0.25) is 0 Å². The van der Waals surface area contributed by atoms with E-state index in [1.807, 2.05) is 24.3 Å². The SMILES string of the molecule is CNC(=O)CC(c1ccc(Br)cc1)N1C(=O)C2C3C=CC(C3)C2C1=O. The molecule has 0 radical (unpaired) electrons. The summed E-state index contributed by atoms with van der Waals surface area (Å²) in [6, 6.07) is 6.89. The summed E-state index contributed by atoms with van der Waals surface area (Å²) in [5.41, 5.74) is 0.800. The van der Waals surface area contributed by atoms with Crippen LogP contribution < -0.4 is 5.32 Å². The van der Waals surface area contributed by atoms with Crippen molar-refractivity contribution >= 4 is 33.7 Å². The monoisotopic (exact) mass is 402 g/mol. The van der Waals surface area contributed by atoms with Gasteiger partial charge in [-0.1, -0.05) is 40.2 Å². The number of rotatable bonds is 4. The Kier molecular flexibility index (Phi) is 4.02. The summed E-state index contributed by atoms with van der Waals surface area (Å²) in [4.78, 5) is 39.5. The van der Waals surface area contributed by atoms with Gasteiger partial charge in [-0.3, -0.25) is 19.3 Å². The maximum atomic E-state index is 13.1. The van der Waals surface area contributed by atoms with E-state index in [2.05, 4.69) is 33.4 Å². The molecule has 130 valence electrons. The summed E-state index contributed by atoms with van der Waals surface area (Å²) in [5.74, 6) is -0.585. The minimum Gasteiger partial charge on any atom is -0.359 e. The summed E-state index contributed by atoms with van der Waals surface area (Å²) in [6.45, 7) is 0. The molecule has 1 N–H and O–H groups in total. The molecule has 4 rings (SSSR count). The van der Waals surface area contributed by atoms with Gasteiger partial charge in [0.1, 0.15) is 0 Å². The maximum absolute atomic E-state index is 13.1. The highest BCUT2D eigenvalue weighted by Gasteiger charge is 2.60. The quantitative estimate of drug-likeness (QED) is 0.621. The fourth-order valence-corrected chi connectivity index (χ4v) is 4.82. The number of allylic oxidation sites excluding steroid dienone is 2. The Hall–Kier alpha value is -1.95. The molecule has 2 aliphatic carbocycles. The molecule has 2 fully saturated rings. The molecular formula is C19H19BrN2O3. The van der Waals surface area contributed by atoms with Crippen molar-refractivity contribution in [2.24, 2.45) is 23.7 Å². The van der Waals surface area contributed by atoms with Crippen LogP contribution in [0.25, 0.3) is 0 Å². The van der Waals surface area contributed by atoms with Crippen LogP contribution in [0.5, 0.6) is 0 Å². The van der Waals surface area contributed by atoms with Gasteiger partial charge in [-0.2, -0.15) is 0 Å². The summed E-state index contributed by atoms with van der Waals surface area (Å²) in [7, 11) is 1.56. The Labute approximate surface area is 154 Å². The van der Waals surface area contributed by atoms with Crippen LogP contribution in [-0.4, -0.2) is 29.7 Å². The molecule has 0 aromatic heterocycles. The zero-order valence-corrected chi connectivity index (χ0v) is 15.4. The minimum atomic E-state index is -0.557. The van der Waals surface area contributed by atoms with Crippen LogP contribution in [0.15, 0.2) is 40.9 Å². The lowest BCUT2D eigenvalue weighted by atomic mass is 9.85. The third-order valence-corrected chi connectivity index (χ3v) is 6.26. The van der Waals surface area contributed by atoms with E-state index in [1.54, 1.807) is 7.05 Å². The van der Waals surface area contributed by atoms with Gasteiger partial charge in [0.25, 0.3) is 0 Å². The summed E-state index contributed by atoms with van der Waals surface area (Å²) >= 11 is 3.39. The first-order valence-corrected chi connectivity index (χ1v) is 9.32. The van der Waals surface area contributed by atoms with Crippen molar-refractivity contribution < 1.29 is 14.4 Å². The Morgan fingerprint density at radius 2 is 1.72 bits per heavy atom. The van der Waals surface area contributed by atoms with Gasteiger partial charge < -0.3 is 5.32 Å². The van der Waals surface area contributed by atoms with Crippen LogP contribution >= 0.6 is 15.9 Å². The van der Waals surface area contributed by atoms with Gasteiger partial charge in [0.15, 0.2) is 0 Å². The number of amides is 3. The fourth-order valence-electron chi connectivity index (χ4n) is 4.55. The number of imide groups is 1. The van der Waals surface area contributed by atoms with Gasteiger partial charge in [-0.15, -0.1) is 0 Å². The lowest BCUT2D eigenvalue weighted by molar-refractivity contribution is -0.144. The highest BCUT2D eigenvalue weighted by Crippen LogP contribution is 2.54. The van der Waals surface area contributed by atoms with Crippen LogP contribution in [0.1, 0.15) is 24.4 Å². The average molecular weight is 403 g/mol. The molecule has 1 aromatic rings. The van der Waals surface area contributed by atoms with E-state index >= 15 is 0 Å². The maximum Gasteiger partial charge on any atom is 0.234 e. The summed E-state index contributed by atoms with van der Waals surface area (Å²) < 4.78 is 0.910. The van der Waals surface area contributed by atoms with Crippen LogP contribution in [0, 0.1) is 23.7 Å². The van der Waals surface area contributed by atoms with Crippen LogP contribution in [0.4, 0.5) is 0 Å². The highest BCUT2D eigenvalue weighted by atomic mass is 79.9. The molecule has 25 heavy (non-hydrogen) atoms. The van der Waals surface area contributed by atoms with Gasteiger partial charge in [-0.05, 0) is 36.0 Å². The van der Waals surface area contributed by atoms with Gasteiger partial charge >= 0.3 is 0 Å². The van der Waals surface area contributed by atoms with Crippen molar-refractivity contribution in [2.75, 3.05) is 7.05 Å². The van der Waals surface area contributed by atoms with Gasteiger partial charge in [-0.25, -0.2) is 0 Å². The van der Waals surface area contributed by atoms with Crippen molar-refractivity contribution in [3.63, 3.8) is 0 Å². The third-order valence-electron chi connectivity index (χ3n) is 5.73. The molecule has 3 amide bonds. The van der Waals surface area contributed by atoms with Crippen molar-refractivity contribution in [1.29, 1.82) is 0 Å². The highest BCUT2D eigenvalue weighted by molar-refractivity contribution is 9.10. The van der Waals surface area contributed by atoms with Crippen LogP contribution in [-0.2, 0) is 14.4 Å². The summed E-state index contributed by atoms with van der Waals surface area (Å²) in [5, 5.41) is 2.60. The average Bonchev–Trinajstić information content (AvgIpc) is 3.28. The molecule has 3 aliphatic rings. The second-order valence-corrected chi connectivity index (χ2v) is 7.91. The zero-order chi connectivity index (χ0) is 17.7. The number of hydrogen-bond acceptors (Lipinski definition) is 3. The molecular weight excluding hydrogens is 384 g/mol. The topological polar surface area (TPSA) is 66.5 Å². The van der Waals surface area contributed by atoms with Crippen LogP contribution in [0.3, 0.4) is 0 Å². The molecule has 5 unspecified atom stereocenters. The lowest BCUT2D eigenvalue weighted by Gasteiger charge is -2.28. The number of nitrogens with zero attached hydrogens (tertiary/aromatic N) is 1. The Morgan fingerprint density at radius 3 is 2.24 bits per heavy atom. The van der Waals surface area contributed by atoms with E-state index in [0.717, 1.165) is 16.5 Å². The number of halogens is 1. The number of carbonyl (C=O) groups is 3. The number of hydrogen-bond donors (Lipinski definition) is 1. The van der Waals surface area contributed by atoms with E-state index in [0.29, 0.717) is 0 Å². The molecule has 1 aromatic carbocycles. The Balaban J connectivity index is 1.70. The molecule has 6 heteroatoms. The third kappa shape index (κ3) is 2.54. The molecule has 1 saturated heterocycles. The van der Waals surface area contributed by atoms with E-state index in [1.165, 1.54) is 4.90 Å². The van der Waals surface area contributed by atoms with E-state index in [4.69, 9.17) is 0 Å². The molecule has 5 nitrogen and oxygen atoms in total. The first-order valence-electron chi connectivity index (χ1n) is 8.52. The van der Waals surface area contributed by atoms with E-state index in [-0.39, 0.29) is 47.8 Å². The molecule has 1 heterocycles. The van der Waals surface area contributed by atoms with E-state index < -0.39 is 6.04 Å². The normalized spacial score (nSPS) is 30.7. The lowest BCUT2D eigenvalue weighted by Crippen LogP contribution is -2.39. The van der Waals surface area contributed by atoms with Crippen molar-refractivity contribution in [3.05, 3.63) is 46.5 Å². The van der Waals surface area contributed by atoms with Gasteiger partial charge in [0.2, 0.25) is 17.7 Å². The molecule has 1 saturated carbocycles. The largest absolute Gasteiger partial charge is 0.359 e. The summed E-state index contributed by atoms with van der Waals surface area (Å²) in [6.07, 6.45) is 5.14. The minimum absolute atomic E-state index is 0.0812. The molecule has 1 aliphatic heterocycles. The number of likely N-dealkylation sites (tertiary alicyclic amines) is 1. The molecule has 5 atom stereocenters. The smallest absolute Gasteiger partial charge is 0.234 e. The first kappa shape index (κ1) is 16.5. The standard InChI is InChI=1S/C19H19BrN2O3/c1-21-15(23)9-14(10-4-6-13(20)7-5-10)22-18(24)16-11-2-3-12(8-11)17(16)19(22)25/h2-7,11-12,14,16-17H,8-9H2,1H3,(H,21,23). The predicted octanol–water partition coefficient (Wildman–Crippen LogP) is 2.43. The van der Waals surface area contributed by atoms with Gasteiger partial charge in [0.05, 0.1) is 24.3 Å².